The van der Waals surface area contributed by atoms with Crippen molar-refractivity contribution in [2.45, 2.75) is 51.6 Å². The highest BCUT2D eigenvalue weighted by Crippen LogP contribution is 2.47. The summed E-state index contributed by atoms with van der Waals surface area (Å²) in [5.74, 6) is 0.896. The fourth-order valence-corrected chi connectivity index (χ4v) is 2.98. The van der Waals surface area contributed by atoms with E-state index in [-0.39, 0.29) is 11.5 Å². The second kappa shape index (κ2) is 3.09. The van der Waals surface area contributed by atoms with Gasteiger partial charge in [-0.25, -0.2) is 0 Å². The van der Waals surface area contributed by atoms with E-state index in [2.05, 4.69) is 6.92 Å². The summed E-state index contributed by atoms with van der Waals surface area (Å²) in [7, 11) is 0. The molecule has 0 amide bonds. The monoisotopic (exact) mass is 182 g/mol. The van der Waals surface area contributed by atoms with Gasteiger partial charge in [0.1, 0.15) is 5.78 Å². The Morgan fingerprint density at radius 3 is 3.00 bits per heavy atom. The fourth-order valence-electron chi connectivity index (χ4n) is 2.98. The lowest BCUT2D eigenvalue weighted by Crippen LogP contribution is -2.44. The van der Waals surface area contributed by atoms with Crippen LogP contribution in [0.3, 0.4) is 0 Å². The molecule has 0 saturated heterocycles. The molecule has 13 heavy (non-hydrogen) atoms. The normalized spacial score (nSPS) is 45.8. The zero-order valence-electron chi connectivity index (χ0n) is 8.25. The number of fused-ring (bicyclic) bond motifs is 1. The van der Waals surface area contributed by atoms with Gasteiger partial charge >= 0.3 is 0 Å². The summed E-state index contributed by atoms with van der Waals surface area (Å²) >= 11 is 0. The predicted molar refractivity (Wildman–Crippen MR) is 50.3 cm³/mol. The molecule has 0 heterocycles. The molecule has 3 unspecified atom stereocenters. The van der Waals surface area contributed by atoms with E-state index < -0.39 is 0 Å². The smallest absolute Gasteiger partial charge is 0.139 e. The summed E-state index contributed by atoms with van der Waals surface area (Å²) in [6, 6.07) is 0. The van der Waals surface area contributed by atoms with Gasteiger partial charge in [0.25, 0.3) is 0 Å². The molecule has 1 N–H and O–H groups in total. The van der Waals surface area contributed by atoms with Crippen LogP contribution in [0.5, 0.6) is 0 Å². The first-order chi connectivity index (χ1) is 6.13. The maximum atomic E-state index is 11.8. The van der Waals surface area contributed by atoms with E-state index in [0.717, 1.165) is 38.5 Å². The first-order valence-electron chi connectivity index (χ1n) is 5.34. The van der Waals surface area contributed by atoms with Gasteiger partial charge in [0, 0.05) is 11.8 Å². The van der Waals surface area contributed by atoms with Crippen molar-refractivity contribution in [2.75, 3.05) is 0 Å². The number of ketones is 1. The maximum Gasteiger partial charge on any atom is 0.139 e. The van der Waals surface area contributed by atoms with E-state index in [1.807, 2.05) is 0 Å². The molecule has 0 aromatic carbocycles. The van der Waals surface area contributed by atoms with E-state index >= 15 is 0 Å². The van der Waals surface area contributed by atoms with Gasteiger partial charge in [0.2, 0.25) is 0 Å². The van der Waals surface area contributed by atoms with Crippen LogP contribution < -0.4 is 0 Å². The molecule has 2 rings (SSSR count). The second-order valence-corrected chi connectivity index (χ2v) is 4.86. The Labute approximate surface area is 79.3 Å². The Bertz CT molecular complexity index is 224. The van der Waals surface area contributed by atoms with Crippen LogP contribution in [-0.2, 0) is 4.79 Å². The number of carbonyl (C=O) groups is 1. The summed E-state index contributed by atoms with van der Waals surface area (Å²) in [5, 5.41) is 9.54. The second-order valence-electron chi connectivity index (χ2n) is 4.86. The van der Waals surface area contributed by atoms with Crippen molar-refractivity contribution in [3.05, 3.63) is 0 Å². The molecule has 0 aromatic rings. The molecule has 0 aliphatic heterocycles. The molecule has 2 nitrogen and oxygen atoms in total. The SMILES string of the molecule is CC12CCC(O)CC1CCCC2=O. The molecule has 2 saturated carbocycles. The first kappa shape index (κ1) is 9.20. The van der Waals surface area contributed by atoms with Gasteiger partial charge < -0.3 is 5.11 Å². The summed E-state index contributed by atoms with van der Waals surface area (Å²) in [6.07, 6.45) is 5.36. The van der Waals surface area contributed by atoms with Crippen LogP contribution in [0.1, 0.15) is 45.4 Å². The summed E-state index contributed by atoms with van der Waals surface area (Å²) in [6.45, 7) is 2.10. The largest absolute Gasteiger partial charge is 0.393 e. The van der Waals surface area contributed by atoms with E-state index in [1.54, 1.807) is 0 Å². The van der Waals surface area contributed by atoms with Crippen molar-refractivity contribution in [1.82, 2.24) is 0 Å². The zero-order chi connectivity index (χ0) is 9.47. The van der Waals surface area contributed by atoms with E-state index in [4.69, 9.17) is 0 Å². The molecule has 0 radical (unpaired) electrons. The van der Waals surface area contributed by atoms with Crippen LogP contribution in [-0.4, -0.2) is 17.0 Å². The van der Waals surface area contributed by atoms with E-state index in [1.165, 1.54) is 0 Å². The van der Waals surface area contributed by atoms with Gasteiger partial charge in [-0.15, -0.1) is 0 Å². The van der Waals surface area contributed by atoms with Crippen LogP contribution in [0, 0.1) is 11.3 Å². The van der Waals surface area contributed by atoms with Gasteiger partial charge in [-0.1, -0.05) is 6.92 Å². The number of Topliss-reactive ketones (excluding diaryl/α,β-unsaturated/α-hetero) is 1. The molecule has 2 heteroatoms. The number of aliphatic hydroxyl groups is 1. The highest BCUT2D eigenvalue weighted by molar-refractivity contribution is 5.85. The molecule has 2 aliphatic rings. The van der Waals surface area contributed by atoms with Crippen LogP contribution >= 0.6 is 0 Å². The molecule has 0 aromatic heterocycles. The fraction of sp³-hybridized carbons (Fsp3) is 0.909. The summed E-state index contributed by atoms with van der Waals surface area (Å²) in [4.78, 5) is 11.8. The lowest BCUT2D eigenvalue weighted by Gasteiger charge is -2.45. The van der Waals surface area contributed by atoms with Crippen molar-refractivity contribution >= 4 is 5.78 Å². The standard InChI is InChI=1S/C11H18O2/c1-11-6-5-9(12)7-8(11)3-2-4-10(11)13/h8-9,12H,2-7H2,1H3. The molecular weight excluding hydrogens is 164 g/mol. The van der Waals surface area contributed by atoms with Crippen LogP contribution in [0.25, 0.3) is 0 Å². The van der Waals surface area contributed by atoms with Crippen LogP contribution in [0.2, 0.25) is 0 Å². The van der Waals surface area contributed by atoms with E-state index in [9.17, 15) is 9.90 Å². The molecule has 0 bridgehead atoms. The molecule has 74 valence electrons. The third-order valence-corrected chi connectivity index (χ3v) is 4.05. The quantitative estimate of drug-likeness (QED) is 0.621. The Kier molecular flexibility index (Phi) is 2.18. The van der Waals surface area contributed by atoms with Gasteiger partial charge in [0.15, 0.2) is 0 Å². The van der Waals surface area contributed by atoms with Gasteiger partial charge in [-0.2, -0.15) is 0 Å². The van der Waals surface area contributed by atoms with Gasteiger partial charge in [-0.3, -0.25) is 4.79 Å². The van der Waals surface area contributed by atoms with Crippen molar-refractivity contribution in [1.29, 1.82) is 0 Å². The Hall–Kier alpha value is -0.370. The minimum absolute atomic E-state index is 0.0858. The Balaban J connectivity index is 2.18. The third-order valence-electron chi connectivity index (χ3n) is 4.05. The van der Waals surface area contributed by atoms with Crippen LogP contribution in [0.15, 0.2) is 0 Å². The van der Waals surface area contributed by atoms with Gasteiger partial charge in [0.05, 0.1) is 6.10 Å². The highest BCUT2D eigenvalue weighted by Gasteiger charge is 2.46. The highest BCUT2D eigenvalue weighted by atomic mass is 16.3. The van der Waals surface area contributed by atoms with E-state index in [0.29, 0.717) is 11.7 Å². The topological polar surface area (TPSA) is 37.3 Å². The lowest BCUT2D eigenvalue weighted by atomic mass is 9.59. The molecule has 2 aliphatic carbocycles. The maximum absolute atomic E-state index is 11.8. The van der Waals surface area contributed by atoms with Crippen LogP contribution in [0.4, 0.5) is 0 Å². The minimum Gasteiger partial charge on any atom is -0.393 e. The summed E-state index contributed by atoms with van der Waals surface area (Å²) in [5.41, 5.74) is -0.0858. The minimum atomic E-state index is -0.149. The number of hydrogen-bond donors (Lipinski definition) is 1. The Morgan fingerprint density at radius 1 is 1.46 bits per heavy atom. The van der Waals surface area contributed by atoms with Crippen molar-refractivity contribution < 1.29 is 9.90 Å². The zero-order valence-corrected chi connectivity index (χ0v) is 8.25. The van der Waals surface area contributed by atoms with Crippen molar-refractivity contribution in [3.8, 4) is 0 Å². The Morgan fingerprint density at radius 2 is 2.23 bits per heavy atom. The first-order valence-corrected chi connectivity index (χ1v) is 5.34. The average Bonchev–Trinajstić information content (AvgIpc) is 2.09. The molecule has 2 fully saturated rings. The third kappa shape index (κ3) is 1.41. The number of hydrogen-bond acceptors (Lipinski definition) is 2. The number of carbonyl (C=O) groups excluding carboxylic acids is 1. The van der Waals surface area contributed by atoms with Crippen molar-refractivity contribution in [3.63, 3.8) is 0 Å². The molecule has 3 atom stereocenters. The summed E-state index contributed by atoms with van der Waals surface area (Å²) < 4.78 is 0. The van der Waals surface area contributed by atoms with Gasteiger partial charge in [-0.05, 0) is 38.0 Å². The average molecular weight is 182 g/mol. The molecule has 0 spiro atoms. The lowest BCUT2D eigenvalue weighted by molar-refractivity contribution is -0.138. The number of aliphatic hydroxyl groups excluding tert-OH is 1. The predicted octanol–water partition coefficient (Wildman–Crippen LogP) is 1.91. The number of rotatable bonds is 0. The molecular formula is C11H18O2. The van der Waals surface area contributed by atoms with Crippen molar-refractivity contribution in [2.24, 2.45) is 11.3 Å².